The molecule has 130 valence electrons. The molecule has 7 heteroatoms. The van der Waals surface area contributed by atoms with Gasteiger partial charge in [0.05, 0.1) is 5.69 Å². The molecule has 1 amide bonds. The summed E-state index contributed by atoms with van der Waals surface area (Å²) in [4.78, 5) is 38.8. The monoisotopic (exact) mass is 349 g/mol. The molecule has 2 aromatic heterocycles. The van der Waals surface area contributed by atoms with Crippen molar-refractivity contribution in [3.8, 4) is 11.1 Å². The predicted molar refractivity (Wildman–Crippen MR) is 96.0 cm³/mol. The highest BCUT2D eigenvalue weighted by Gasteiger charge is 2.09. The summed E-state index contributed by atoms with van der Waals surface area (Å²) in [5, 5.41) is 11.5. The molecular weight excluding hydrogens is 334 g/mol. The molecule has 0 unspecified atom stereocenters. The number of carboxylic acids is 1. The van der Waals surface area contributed by atoms with Gasteiger partial charge in [0.1, 0.15) is 6.54 Å². The normalized spacial score (nSPS) is 10.3. The lowest BCUT2D eigenvalue weighted by Crippen LogP contribution is -2.24. The van der Waals surface area contributed by atoms with E-state index in [-0.39, 0.29) is 5.91 Å². The number of amides is 1. The molecule has 7 nitrogen and oxygen atoms in total. The molecule has 2 heterocycles. The van der Waals surface area contributed by atoms with Crippen molar-refractivity contribution in [2.45, 2.75) is 6.54 Å². The number of anilines is 1. The number of carbonyl (C=O) groups excluding carboxylic acids is 1. The van der Waals surface area contributed by atoms with Crippen molar-refractivity contribution in [1.82, 2.24) is 9.55 Å². The smallest absolute Gasteiger partial charge is 0.323 e. The molecule has 0 saturated carbocycles. The zero-order chi connectivity index (χ0) is 18.5. The van der Waals surface area contributed by atoms with Gasteiger partial charge in [-0.05, 0) is 35.4 Å². The maximum Gasteiger partial charge on any atom is 0.323 e. The standard InChI is InChI=1S/C19H15N3O4/c23-17-8-7-16(11-22(17)12-18(24)25)21-19(26)14-5-3-13(4-6-14)15-2-1-9-20-10-15/h1-11H,12H2,(H,21,26)(H,24,25). The number of rotatable bonds is 5. The van der Waals surface area contributed by atoms with E-state index < -0.39 is 18.1 Å². The summed E-state index contributed by atoms with van der Waals surface area (Å²) >= 11 is 0. The first-order chi connectivity index (χ1) is 12.5. The molecular formula is C19H15N3O4. The number of benzene rings is 1. The summed E-state index contributed by atoms with van der Waals surface area (Å²) < 4.78 is 1.02. The highest BCUT2D eigenvalue weighted by molar-refractivity contribution is 6.04. The minimum Gasteiger partial charge on any atom is -0.480 e. The Morgan fingerprint density at radius 3 is 2.46 bits per heavy atom. The van der Waals surface area contributed by atoms with Gasteiger partial charge < -0.3 is 15.0 Å². The van der Waals surface area contributed by atoms with E-state index >= 15 is 0 Å². The van der Waals surface area contributed by atoms with Crippen LogP contribution in [0.3, 0.4) is 0 Å². The maximum atomic E-state index is 12.4. The number of hydrogen-bond acceptors (Lipinski definition) is 4. The number of aliphatic carboxylic acids is 1. The largest absolute Gasteiger partial charge is 0.480 e. The van der Waals surface area contributed by atoms with E-state index in [2.05, 4.69) is 10.3 Å². The quantitative estimate of drug-likeness (QED) is 0.736. The molecule has 2 N–H and O–H groups in total. The fourth-order valence-corrected chi connectivity index (χ4v) is 2.43. The van der Waals surface area contributed by atoms with E-state index in [4.69, 9.17) is 5.11 Å². The second-order valence-corrected chi connectivity index (χ2v) is 5.55. The number of pyridine rings is 2. The van der Waals surface area contributed by atoms with Crippen molar-refractivity contribution in [3.63, 3.8) is 0 Å². The molecule has 26 heavy (non-hydrogen) atoms. The number of nitrogens with one attached hydrogen (secondary N) is 1. The van der Waals surface area contributed by atoms with E-state index in [1.54, 1.807) is 24.5 Å². The predicted octanol–water partition coefficient (Wildman–Crippen LogP) is 2.25. The molecule has 0 fully saturated rings. The van der Waals surface area contributed by atoms with Crippen LogP contribution in [-0.4, -0.2) is 26.5 Å². The fourth-order valence-electron chi connectivity index (χ4n) is 2.43. The first-order valence-corrected chi connectivity index (χ1v) is 7.77. The van der Waals surface area contributed by atoms with Gasteiger partial charge in [-0.2, -0.15) is 0 Å². The second-order valence-electron chi connectivity index (χ2n) is 5.55. The zero-order valence-corrected chi connectivity index (χ0v) is 13.6. The molecule has 0 aliphatic carbocycles. The van der Waals surface area contributed by atoms with Gasteiger partial charge in [0.15, 0.2) is 0 Å². The highest BCUT2D eigenvalue weighted by Crippen LogP contribution is 2.19. The molecule has 0 aliphatic heterocycles. The third-order valence-electron chi connectivity index (χ3n) is 3.69. The van der Waals surface area contributed by atoms with Crippen molar-refractivity contribution in [2.24, 2.45) is 0 Å². The van der Waals surface area contributed by atoms with Crippen LogP contribution >= 0.6 is 0 Å². The Morgan fingerprint density at radius 2 is 1.81 bits per heavy atom. The molecule has 1 aromatic carbocycles. The van der Waals surface area contributed by atoms with Crippen LogP contribution in [0, 0.1) is 0 Å². The molecule has 0 bridgehead atoms. The van der Waals surface area contributed by atoms with Crippen LogP contribution in [0.4, 0.5) is 5.69 Å². The Balaban J connectivity index is 1.76. The topological polar surface area (TPSA) is 101 Å². The van der Waals surface area contributed by atoms with Gasteiger partial charge in [-0.1, -0.05) is 18.2 Å². The van der Waals surface area contributed by atoms with Crippen LogP contribution in [-0.2, 0) is 11.3 Å². The van der Waals surface area contributed by atoms with E-state index in [0.29, 0.717) is 11.3 Å². The molecule has 3 rings (SSSR count). The number of hydrogen-bond donors (Lipinski definition) is 2. The average Bonchev–Trinajstić information content (AvgIpc) is 2.65. The van der Waals surface area contributed by atoms with Crippen molar-refractivity contribution < 1.29 is 14.7 Å². The first-order valence-electron chi connectivity index (χ1n) is 7.77. The third-order valence-corrected chi connectivity index (χ3v) is 3.69. The lowest BCUT2D eigenvalue weighted by molar-refractivity contribution is -0.137. The summed E-state index contributed by atoms with van der Waals surface area (Å²) in [6.07, 6.45) is 4.73. The molecule has 0 saturated heterocycles. The van der Waals surface area contributed by atoms with Crippen LogP contribution in [0.1, 0.15) is 10.4 Å². The Kier molecular flexibility index (Phi) is 4.89. The zero-order valence-electron chi connectivity index (χ0n) is 13.6. The van der Waals surface area contributed by atoms with Crippen LogP contribution in [0.2, 0.25) is 0 Å². The van der Waals surface area contributed by atoms with Crippen LogP contribution < -0.4 is 10.9 Å². The molecule has 0 spiro atoms. The number of carboxylic acid groups (broad SMARTS) is 1. The van der Waals surface area contributed by atoms with Crippen LogP contribution in [0.15, 0.2) is 71.9 Å². The maximum absolute atomic E-state index is 12.4. The van der Waals surface area contributed by atoms with E-state index in [9.17, 15) is 14.4 Å². The van der Waals surface area contributed by atoms with Crippen molar-refractivity contribution in [2.75, 3.05) is 5.32 Å². The van der Waals surface area contributed by atoms with Crippen molar-refractivity contribution in [3.05, 3.63) is 83.0 Å². The van der Waals surface area contributed by atoms with Gasteiger partial charge in [-0.15, -0.1) is 0 Å². The Bertz CT molecular complexity index is 995. The molecule has 0 atom stereocenters. The van der Waals surface area contributed by atoms with E-state index in [1.165, 1.54) is 18.3 Å². The second kappa shape index (κ2) is 7.43. The van der Waals surface area contributed by atoms with Gasteiger partial charge in [0.2, 0.25) is 0 Å². The minimum absolute atomic E-state index is 0.340. The Hall–Kier alpha value is -3.74. The number of nitrogens with zero attached hydrogens (tertiary/aromatic N) is 2. The van der Waals surface area contributed by atoms with E-state index in [1.807, 2.05) is 24.3 Å². The first kappa shape index (κ1) is 17.1. The molecule has 0 aliphatic rings. The van der Waals surface area contributed by atoms with Crippen LogP contribution in [0.5, 0.6) is 0 Å². The summed E-state index contributed by atoms with van der Waals surface area (Å²) in [6, 6.07) is 13.4. The summed E-state index contributed by atoms with van der Waals surface area (Å²) in [7, 11) is 0. The van der Waals surface area contributed by atoms with Gasteiger partial charge in [0.25, 0.3) is 11.5 Å². The van der Waals surface area contributed by atoms with Gasteiger partial charge in [-0.3, -0.25) is 19.4 Å². The fraction of sp³-hybridized carbons (Fsp3) is 0.0526. The van der Waals surface area contributed by atoms with Crippen molar-refractivity contribution >= 4 is 17.6 Å². The average molecular weight is 349 g/mol. The lowest BCUT2D eigenvalue weighted by Gasteiger charge is -2.08. The van der Waals surface area contributed by atoms with Gasteiger partial charge >= 0.3 is 5.97 Å². The minimum atomic E-state index is -1.14. The van der Waals surface area contributed by atoms with Gasteiger partial charge in [0, 0.05) is 30.2 Å². The highest BCUT2D eigenvalue weighted by atomic mass is 16.4. The molecule has 0 radical (unpaired) electrons. The van der Waals surface area contributed by atoms with Crippen molar-refractivity contribution in [1.29, 1.82) is 0 Å². The van der Waals surface area contributed by atoms with E-state index in [0.717, 1.165) is 15.7 Å². The van der Waals surface area contributed by atoms with Crippen LogP contribution in [0.25, 0.3) is 11.1 Å². The number of carbonyl (C=O) groups is 2. The number of aromatic nitrogens is 2. The summed E-state index contributed by atoms with van der Waals surface area (Å²) in [5.41, 5.74) is 2.21. The summed E-state index contributed by atoms with van der Waals surface area (Å²) in [6.45, 7) is -0.470. The van der Waals surface area contributed by atoms with Gasteiger partial charge in [-0.25, -0.2) is 0 Å². The lowest BCUT2D eigenvalue weighted by atomic mass is 10.1. The Labute approximate surface area is 148 Å². The summed E-state index contributed by atoms with van der Waals surface area (Å²) in [5.74, 6) is -1.50. The third kappa shape index (κ3) is 4.02. The Morgan fingerprint density at radius 1 is 1.04 bits per heavy atom. The SMILES string of the molecule is O=C(O)Cn1cc(NC(=O)c2ccc(-c3cccnc3)cc2)ccc1=O. The molecule has 3 aromatic rings.